The van der Waals surface area contributed by atoms with Crippen LogP contribution < -0.4 is 0 Å². The Bertz CT molecular complexity index is 86.1. The van der Waals surface area contributed by atoms with Crippen molar-refractivity contribution in [3.63, 3.8) is 0 Å². The normalized spacial score (nSPS) is 7.14. The minimum atomic E-state index is 0.167. The fraction of sp³-hybridized carbons (Fsp3) is 1.00. The van der Waals surface area contributed by atoms with Gasteiger partial charge < -0.3 is 4.90 Å². The molecule has 0 unspecified atom stereocenters. The summed E-state index contributed by atoms with van der Waals surface area (Å²) in [6.07, 6.45) is 0. The van der Waals surface area contributed by atoms with Gasteiger partial charge in [-0.25, -0.2) is 0 Å². The minimum absolute atomic E-state index is 0.167. The summed E-state index contributed by atoms with van der Waals surface area (Å²) in [7, 11) is 6.00. The van der Waals surface area contributed by atoms with E-state index in [0.717, 1.165) is 0 Å². The van der Waals surface area contributed by atoms with Gasteiger partial charge in [-0.05, 0) is 21.1 Å². The molecule has 0 aromatic carbocycles. The van der Waals surface area contributed by atoms with E-state index in [4.69, 9.17) is 4.57 Å². The molecule has 0 aliphatic carbocycles. The molecule has 7 heavy (non-hydrogen) atoms. The van der Waals surface area contributed by atoms with Gasteiger partial charge in [-0.2, -0.15) is 0 Å². The summed E-state index contributed by atoms with van der Waals surface area (Å²) < 4.78 is 8.90. The van der Waals surface area contributed by atoms with E-state index in [0.29, 0.717) is 0 Å². The van der Waals surface area contributed by atoms with E-state index in [1.54, 1.807) is 19.2 Å². The molecule has 0 aliphatic heterocycles. The van der Waals surface area contributed by atoms with Crippen molar-refractivity contribution in [1.82, 2.24) is 4.90 Å². The van der Waals surface area contributed by atoms with Gasteiger partial charge in [0.25, 0.3) is 0 Å². The summed E-state index contributed by atoms with van der Waals surface area (Å²) in [6, 6.07) is 0. The molecule has 0 saturated carbocycles. The van der Waals surface area contributed by atoms with Gasteiger partial charge >= 0.3 is 29.5 Å². The van der Waals surface area contributed by atoms with Gasteiger partial charge in [0.05, 0.1) is 0 Å². The van der Waals surface area contributed by atoms with Crippen LogP contribution >= 0.6 is 5.77 Å². The first-order chi connectivity index (χ1) is 3.15. The van der Waals surface area contributed by atoms with E-state index in [1.807, 2.05) is 26.0 Å². The zero-order valence-electron chi connectivity index (χ0n) is 4.80. The fourth-order valence-electron chi connectivity index (χ4n) is 0. The van der Waals surface area contributed by atoms with Crippen LogP contribution in [0.25, 0.3) is 0 Å². The molecule has 0 aromatic heterocycles. The van der Waals surface area contributed by atoms with E-state index in [9.17, 15) is 0 Å². The first-order valence-corrected chi connectivity index (χ1v) is 4.66. The van der Waals surface area contributed by atoms with E-state index in [-0.39, 0.29) is 5.77 Å². The molecule has 0 heterocycles. The molecule has 0 amide bonds. The molecular weight excluding hydrogens is 145 g/mol. The van der Waals surface area contributed by atoms with Crippen LogP contribution in [-0.4, -0.2) is 26.0 Å². The Morgan fingerprint density at radius 1 is 1.43 bits per heavy atom. The Morgan fingerprint density at radius 3 is 1.43 bits per heavy atom. The third-order valence-corrected chi connectivity index (χ3v) is 0. The number of nitrogens with zero attached hydrogens (tertiary/aromatic N) is 1. The molecule has 0 spiro atoms. The van der Waals surface area contributed by atoms with Gasteiger partial charge in [0, 0.05) is 0 Å². The average molecular weight is 154 g/mol. The topological polar surface area (TPSA) is 20.3 Å². The van der Waals surface area contributed by atoms with E-state index in [2.05, 4.69) is 0 Å². The van der Waals surface area contributed by atoms with Gasteiger partial charge in [0.1, 0.15) is 0 Å². The Balaban J connectivity index is 0. The van der Waals surface area contributed by atoms with Crippen molar-refractivity contribution in [2.24, 2.45) is 0 Å². The second kappa shape index (κ2) is 10.0. The van der Waals surface area contributed by atoms with Crippen molar-refractivity contribution in [1.29, 1.82) is 0 Å². The summed E-state index contributed by atoms with van der Waals surface area (Å²) >= 11 is 1.54. The quantitative estimate of drug-likeness (QED) is 0.381. The maximum atomic E-state index is 8.90. The Hall–Kier alpha value is 0.904. The molecule has 0 aromatic rings. The number of hydrogen-bond donors (Lipinski definition) is 0. The molecule has 0 atom stereocenters. The summed E-state index contributed by atoms with van der Waals surface area (Å²) in [5, 5.41) is 0. The van der Waals surface area contributed by atoms with Crippen LogP contribution in [-0.2, 0) is 23.8 Å². The average Bonchev–Trinajstić information content (AvgIpc) is 1.33. The second-order valence-corrected chi connectivity index (χ2v) is 2.47. The van der Waals surface area contributed by atoms with Crippen LogP contribution in [0.1, 0.15) is 0 Å². The summed E-state index contributed by atoms with van der Waals surface area (Å²) in [5.74, 6) is 0.167. The molecule has 0 bridgehead atoms. The predicted octanol–water partition coefficient (Wildman–Crippen LogP) is 0.918. The van der Waals surface area contributed by atoms with Gasteiger partial charge in [0.15, 0.2) is 0 Å². The van der Waals surface area contributed by atoms with Gasteiger partial charge in [0.2, 0.25) is 0 Å². The van der Waals surface area contributed by atoms with Gasteiger partial charge in [-0.15, -0.1) is 0 Å². The zero-order valence-corrected chi connectivity index (χ0v) is 7.26. The predicted molar refractivity (Wildman–Crippen MR) is 27.2 cm³/mol. The van der Waals surface area contributed by atoms with Crippen molar-refractivity contribution in [2.45, 2.75) is 0 Å². The summed E-state index contributed by atoms with van der Waals surface area (Å²) in [6.45, 7) is 0. The van der Waals surface area contributed by atoms with Crippen molar-refractivity contribution >= 4 is 5.77 Å². The van der Waals surface area contributed by atoms with Crippen LogP contribution in [0.4, 0.5) is 0 Å². The van der Waals surface area contributed by atoms with Gasteiger partial charge in [-0.3, -0.25) is 0 Å². The third kappa shape index (κ3) is 203. The molecule has 0 saturated heterocycles. The van der Waals surface area contributed by atoms with Crippen molar-refractivity contribution in [3.05, 3.63) is 0 Å². The maximum absolute atomic E-state index is 8.90. The van der Waals surface area contributed by atoms with Crippen LogP contribution in [0.3, 0.4) is 0 Å². The summed E-state index contributed by atoms with van der Waals surface area (Å²) in [4.78, 5) is 2.00. The van der Waals surface area contributed by atoms with Gasteiger partial charge in [-0.1, -0.05) is 0 Å². The monoisotopic (exact) mass is 154 g/mol. The SMILES string of the molecule is CN(C)C.O=[P]#[Ti]. The van der Waals surface area contributed by atoms with Crippen LogP contribution in [0.5, 0.6) is 0 Å². The zero-order chi connectivity index (χ0) is 6.28. The molecule has 0 radical (unpaired) electrons. The molecule has 0 N–H and O–H groups in total. The molecule has 0 aliphatic rings. The first kappa shape index (κ1) is 10.8. The number of rotatable bonds is 0. The van der Waals surface area contributed by atoms with E-state index < -0.39 is 0 Å². The molecule has 2 nitrogen and oxygen atoms in total. The standard InChI is InChI=1S/C3H9N.OP.Ti/c1-4(2)3;1-2;/h1-3H3;;/q;-1;+1. The third-order valence-electron chi connectivity index (χ3n) is 0. The van der Waals surface area contributed by atoms with Crippen molar-refractivity contribution in [2.75, 3.05) is 21.1 Å². The van der Waals surface area contributed by atoms with Crippen LogP contribution in [0, 0.1) is 0 Å². The van der Waals surface area contributed by atoms with Crippen molar-refractivity contribution < 1.29 is 23.8 Å². The first-order valence-electron chi connectivity index (χ1n) is 1.75. The Morgan fingerprint density at radius 2 is 1.43 bits per heavy atom. The molecule has 4 heteroatoms. The van der Waals surface area contributed by atoms with E-state index in [1.165, 1.54) is 0 Å². The second-order valence-electron chi connectivity index (χ2n) is 1.43. The van der Waals surface area contributed by atoms with Crippen molar-refractivity contribution in [3.8, 4) is 0 Å². The summed E-state index contributed by atoms with van der Waals surface area (Å²) in [5.41, 5.74) is 0. The molecule has 0 rings (SSSR count). The Kier molecular flexibility index (Phi) is 15.5. The molecule has 41 valence electrons. The molecule has 0 fully saturated rings. The fourth-order valence-corrected chi connectivity index (χ4v) is 0. The van der Waals surface area contributed by atoms with Crippen LogP contribution in [0.15, 0.2) is 0 Å². The Labute approximate surface area is 55.9 Å². The van der Waals surface area contributed by atoms with Crippen LogP contribution in [0.2, 0.25) is 0 Å². The van der Waals surface area contributed by atoms with E-state index >= 15 is 0 Å². The molecular formula is C3H9NOPTi. The number of hydrogen-bond acceptors (Lipinski definition) is 2.